The molecular formula is C18H31FO2. The normalized spacial score (nSPS) is 16.0. The number of carbonyl (C=O) groups is 1. The van der Waals surface area contributed by atoms with E-state index in [1.807, 2.05) is 20.8 Å². The first-order valence-electron chi connectivity index (χ1n) is 7.99. The molecule has 21 heavy (non-hydrogen) atoms. The van der Waals surface area contributed by atoms with Crippen molar-refractivity contribution in [2.45, 2.75) is 66.5 Å². The van der Waals surface area contributed by atoms with E-state index in [2.05, 4.69) is 0 Å². The molecule has 3 heteroatoms. The van der Waals surface area contributed by atoms with Gasteiger partial charge in [-0.2, -0.15) is 0 Å². The standard InChI is InChI=1S/C18H31FO2/c1-7-15(8-2)14(6)17(21)11-10-16(12-20)18(19,9-3)13(4)5/h10-11,13,16,20H,7-9,12H2,1-6H3/b11-10-. The molecule has 2 atom stereocenters. The molecule has 0 spiro atoms. The number of carbonyl (C=O) groups excluding carboxylic acids is 1. The molecule has 2 nitrogen and oxygen atoms in total. The van der Waals surface area contributed by atoms with Gasteiger partial charge in [0.05, 0.1) is 6.61 Å². The molecule has 0 aliphatic rings. The van der Waals surface area contributed by atoms with Crippen LogP contribution in [0.15, 0.2) is 23.3 Å². The highest BCUT2D eigenvalue weighted by Gasteiger charge is 2.38. The van der Waals surface area contributed by atoms with Gasteiger partial charge in [-0.1, -0.05) is 46.3 Å². The van der Waals surface area contributed by atoms with Crippen molar-refractivity contribution in [2.24, 2.45) is 11.8 Å². The van der Waals surface area contributed by atoms with Crippen LogP contribution in [0.25, 0.3) is 0 Å². The third-order valence-electron chi connectivity index (χ3n) is 4.55. The first kappa shape index (κ1) is 20.0. The lowest BCUT2D eigenvalue weighted by Gasteiger charge is -2.33. The number of allylic oxidation sites excluding steroid dienone is 3. The maximum atomic E-state index is 14.9. The van der Waals surface area contributed by atoms with E-state index >= 15 is 0 Å². The van der Waals surface area contributed by atoms with Gasteiger partial charge < -0.3 is 5.11 Å². The van der Waals surface area contributed by atoms with Crippen molar-refractivity contribution in [1.29, 1.82) is 0 Å². The lowest BCUT2D eigenvalue weighted by atomic mass is 9.78. The summed E-state index contributed by atoms with van der Waals surface area (Å²) in [5.74, 6) is -0.946. The van der Waals surface area contributed by atoms with Crippen molar-refractivity contribution >= 4 is 5.78 Å². The second-order valence-corrected chi connectivity index (χ2v) is 5.88. The Kier molecular flexibility index (Phi) is 8.72. The predicted octanol–water partition coefficient (Wildman–Crippen LogP) is 4.63. The summed E-state index contributed by atoms with van der Waals surface area (Å²) in [5, 5.41) is 9.48. The van der Waals surface area contributed by atoms with Crippen LogP contribution in [-0.4, -0.2) is 23.2 Å². The summed E-state index contributed by atoms with van der Waals surface area (Å²) >= 11 is 0. The van der Waals surface area contributed by atoms with Crippen molar-refractivity contribution < 1.29 is 14.3 Å². The van der Waals surface area contributed by atoms with Crippen molar-refractivity contribution in [3.63, 3.8) is 0 Å². The van der Waals surface area contributed by atoms with E-state index < -0.39 is 11.6 Å². The summed E-state index contributed by atoms with van der Waals surface area (Å²) in [6.45, 7) is 11.0. The molecular weight excluding hydrogens is 267 g/mol. The summed E-state index contributed by atoms with van der Waals surface area (Å²) in [7, 11) is 0. The SMILES string of the molecule is CCC(CC)=C(C)C(=O)/C=C\C(CO)C(F)(CC)C(C)C. The molecule has 0 heterocycles. The van der Waals surface area contributed by atoms with E-state index in [0.717, 1.165) is 24.0 Å². The third kappa shape index (κ3) is 5.06. The molecule has 0 aromatic rings. The summed E-state index contributed by atoms with van der Waals surface area (Å²) < 4.78 is 14.9. The third-order valence-corrected chi connectivity index (χ3v) is 4.55. The Bertz CT molecular complexity index is 390. The Morgan fingerprint density at radius 3 is 2.10 bits per heavy atom. The minimum Gasteiger partial charge on any atom is -0.396 e. The fourth-order valence-electron chi connectivity index (χ4n) is 2.75. The van der Waals surface area contributed by atoms with E-state index in [0.29, 0.717) is 6.42 Å². The number of alkyl halides is 1. The van der Waals surface area contributed by atoms with Crippen LogP contribution in [0.4, 0.5) is 4.39 Å². The molecule has 0 saturated carbocycles. The number of halogens is 1. The average Bonchev–Trinajstić information content (AvgIpc) is 2.47. The van der Waals surface area contributed by atoms with Gasteiger partial charge in [0.1, 0.15) is 5.67 Å². The second-order valence-electron chi connectivity index (χ2n) is 5.88. The van der Waals surface area contributed by atoms with Gasteiger partial charge in [-0.05, 0) is 43.8 Å². The first-order chi connectivity index (χ1) is 9.78. The largest absolute Gasteiger partial charge is 0.396 e. The molecule has 0 aliphatic carbocycles. The zero-order chi connectivity index (χ0) is 16.6. The highest BCUT2D eigenvalue weighted by atomic mass is 19.1. The van der Waals surface area contributed by atoms with Gasteiger partial charge in [-0.25, -0.2) is 4.39 Å². The Morgan fingerprint density at radius 2 is 1.76 bits per heavy atom. The summed E-state index contributed by atoms with van der Waals surface area (Å²) in [6, 6.07) is 0. The summed E-state index contributed by atoms with van der Waals surface area (Å²) in [6.07, 6.45) is 4.98. The van der Waals surface area contributed by atoms with Crippen LogP contribution in [0.5, 0.6) is 0 Å². The minimum atomic E-state index is -1.48. The molecule has 0 radical (unpaired) electrons. The zero-order valence-electron chi connectivity index (χ0n) is 14.4. The van der Waals surface area contributed by atoms with E-state index in [4.69, 9.17) is 0 Å². The van der Waals surface area contributed by atoms with Crippen LogP contribution in [0.1, 0.15) is 60.8 Å². The van der Waals surface area contributed by atoms with Crippen LogP contribution >= 0.6 is 0 Å². The predicted molar refractivity (Wildman–Crippen MR) is 87.0 cm³/mol. The molecule has 0 aromatic heterocycles. The van der Waals surface area contributed by atoms with Crippen LogP contribution < -0.4 is 0 Å². The molecule has 0 rings (SSSR count). The molecule has 1 N–H and O–H groups in total. The quantitative estimate of drug-likeness (QED) is 0.630. The van der Waals surface area contributed by atoms with Gasteiger partial charge in [0, 0.05) is 5.92 Å². The fourth-order valence-corrected chi connectivity index (χ4v) is 2.75. The van der Waals surface area contributed by atoms with Crippen molar-refractivity contribution in [2.75, 3.05) is 6.61 Å². The maximum Gasteiger partial charge on any atom is 0.181 e. The molecule has 0 aliphatic heterocycles. The van der Waals surface area contributed by atoms with Crippen LogP contribution in [0.2, 0.25) is 0 Å². The molecule has 0 amide bonds. The minimum absolute atomic E-state index is 0.0886. The number of aliphatic hydroxyl groups excluding tert-OH is 1. The van der Waals surface area contributed by atoms with E-state index in [9.17, 15) is 14.3 Å². The summed E-state index contributed by atoms with van der Waals surface area (Å²) in [5.41, 5.74) is 0.371. The van der Waals surface area contributed by atoms with Gasteiger partial charge in [-0.3, -0.25) is 4.79 Å². The number of aliphatic hydroxyl groups is 1. The number of hydrogen-bond donors (Lipinski definition) is 1. The molecule has 0 saturated heterocycles. The Morgan fingerprint density at radius 1 is 1.24 bits per heavy atom. The molecule has 0 bridgehead atoms. The lowest BCUT2D eigenvalue weighted by Crippen LogP contribution is -2.39. The van der Waals surface area contributed by atoms with Gasteiger partial charge in [0.25, 0.3) is 0 Å². The van der Waals surface area contributed by atoms with Crippen molar-refractivity contribution in [1.82, 2.24) is 0 Å². The van der Waals surface area contributed by atoms with Crippen LogP contribution in [0, 0.1) is 11.8 Å². The monoisotopic (exact) mass is 298 g/mol. The van der Waals surface area contributed by atoms with Crippen LogP contribution in [-0.2, 0) is 4.79 Å². The van der Waals surface area contributed by atoms with Gasteiger partial charge in [-0.15, -0.1) is 0 Å². The number of hydrogen-bond acceptors (Lipinski definition) is 2. The number of rotatable bonds is 9. The Hall–Kier alpha value is -0.960. The Balaban J connectivity index is 5.24. The van der Waals surface area contributed by atoms with Crippen LogP contribution in [0.3, 0.4) is 0 Å². The maximum absolute atomic E-state index is 14.9. The average molecular weight is 298 g/mol. The highest BCUT2D eigenvalue weighted by molar-refractivity contribution is 6.04. The van der Waals surface area contributed by atoms with E-state index in [-0.39, 0.29) is 18.3 Å². The second kappa shape index (κ2) is 9.14. The Labute approximate surface area is 129 Å². The fraction of sp³-hybridized carbons (Fsp3) is 0.722. The first-order valence-corrected chi connectivity index (χ1v) is 7.99. The zero-order valence-corrected chi connectivity index (χ0v) is 14.4. The molecule has 122 valence electrons. The van der Waals surface area contributed by atoms with E-state index in [1.54, 1.807) is 20.8 Å². The smallest absolute Gasteiger partial charge is 0.181 e. The van der Waals surface area contributed by atoms with Gasteiger partial charge >= 0.3 is 0 Å². The van der Waals surface area contributed by atoms with E-state index in [1.165, 1.54) is 12.2 Å². The molecule has 0 fully saturated rings. The topological polar surface area (TPSA) is 37.3 Å². The molecule has 2 unspecified atom stereocenters. The summed E-state index contributed by atoms with van der Waals surface area (Å²) in [4.78, 5) is 12.2. The molecule has 0 aromatic carbocycles. The lowest BCUT2D eigenvalue weighted by molar-refractivity contribution is -0.111. The van der Waals surface area contributed by atoms with Crippen molar-refractivity contribution in [3.05, 3.63) is 23.3 Å². The number of ketones is 1. The van der Waals surface area contributed by atoms with Gasteiger partial charge in [0.2, 0.25) is 0 Å². The van der Waals surface area contributed by atoms with Gasteiger partial charge in [0.15, 0.2) is 5.78 Å². The highest BCUT2D eigenvalue weighted by Crippen LogP contribution is 2.35. The van der Waals surface area contributed by atoms with Crippen molar-refractivity contribution in [3.8, 4) is 0 Å².